The number of hydrogen-bond acceptors (Lipinski definition) is 5. The highest BCUT2D eigenvalue weighted by Crippen LogP contribution is 2.50. The largest absolute Gasteiger partial charge is 0.377 e. The lowest BCUT2D eigenvalue weighted by Crippen LogP contribution is -2.24. The third kappa shape index (κ3) is 4.30. The Kier molecular flexibility index (Phi) is 5.29. The molecule has 0 saturated carbocycles. The lowest BCUT2D eigenvalue weighted by Gasteiger charge is -2.21. The summed E-state index contributed by atoms with van der Waals surface area (Å²) in [6.45, 7) is 3.21. The average molecular weight is 265 g/mol. The van der Waals surface area contributed by atoms with Crippen LogP contribution in [0.2, 0.25) is 0 Å². The van der Waals surface area contributed by atoms with Gasteiger partial charge in [0.2, 0.25) is 0 Å². The van der Waals surface area contributed by atoms with E-state index >= 15 is 0 Å². The Balaban J connectivity index is 2.73. The molecule has 1 saturated heterocycles. The van der Waals surface area contributed by atoms with Crippen LogP contribution < -0.4 is 0 Å². The summed E-state index contributed by atoms with van der Waals surface area (Å²) in [5.74, 6) is 0. The van der Waals surface area contributed by atoms with Gasteiger partial charge in [-0.25, -0.2) is 0 Å². The van der Waals surface area contributed by atoms with Gasteiger partial charge in [0.1, 0.15) is 0 Å². The molecule has 8 heteroatoms. The van der Waals surface area contributed by atoms with Crippen LogP contribution in [0.25, 0.3) is 10.4 Å². The van der Waals surface area contributed by atoms with Gasteiger partial charge in [0, 0.05) is 11.5 Å². The zero-order valence-corrected chi connectivity index (χ0v) is 10.9. The molecule has 0 amide bonds. The van der Waals surface area contributed by atoms with Crippen molar-refractivity contribution in [3.05, 3.63) is 10.4 Å². The minimum absolute atomic E-state index is 0.00769. The number of azide groups is 1. The zero-order valence-electron chi connectivity index (χ0n) is 11.0. The summed E-state index contributed by atoms with van der Waals surface area (Å²) in [6, 6.07) is -0.494. The summed E-state index contributed by atoms with van der Waals surface area (Å²) in [6.07, 6.45) is -0.284. The van der Waals surface area contributed by atoms with E-state index in [0.717, 1.165) is 0 Å². The number of rotatable bonds is 7. The number of hydrogen-bond donors (Lipinski definition) is 0. The topological polar surface area (TPSA) is 93.5 Å². The van der Waals surface area contributed by atoms with Gasteiger partial charge in [0.25, 0.3) is 0 Å². The molecule has 1 heterocycles. The second-order valence-electron chi connectivity index (χ2n) is 3.48. The van der Waals surface area contributed by atoms with Gasteiger partial charge in [-0.2, -0.15) is 0 Å². The van der Waals surface area contributed by atoms with E-state index in [1.807, 2.05) is 0 Å². The minimum atomic E-state index is -3.25. The second kappa shape index (κ2) is 6.99. The molecule has 1 aliphatic heterocycles. The van der Waals surface area contributed by atoms with Gasteiger partial charge in [-0.1, -0.05) is 5.11 Å². The van der Waals surface area contributed by atoms with E-state index in [0.29, 0.717) is 6.42 Å². The van der Waals surface area contributed by atoms with Crippen molar-refractivity contribution in [3.8, 4) is 0 Å². The maximum atomic E-state index is 12.3. The smallest absolute Gasteiger partial charge is 0.333 e. The van der Waals surface area contributed by atoms with Crippen molar-refractivity contribution in [2.75, 3.05) is 26.0 Å². The molecule has 98 valence electrons. The fourth-order valence-corrected chi connectivity index (χ4v) is 3.47. The number of nitrogens with zero attached hydrogens (tertiary/aromatic N) is 3. The fraction of sp³-hybridized carbons (Fsp3) is 1.00. The quantitative estimate of drug-likeness (QED) is 0.306. The zero-order chi connectivity index (χ0) is 13.6. The van der Waals surface area contributed by atoms with Crippen LogP contribution in [0.5, 0.6) is 0 Å². The first kappa shape index (κ1) is 12.9. The third-order valence-corrected chi connectivity index (χ3v) is 4.40. The molecule has 0 bridgehead atoms. The fourth-order valence-electron chi connectivity index (χ4n) is 1.63. The Hall–Kier alpha value is -0.580. The van der Waals surface area contributed by atoms with E-state index < -0.39 is 26.3 Å². The van der Waals surface area contributed by atoms with E-state index in [2.05, 4.69) is 10.0 Å². The Morgan fingerprint density at radius 2 is 2.24 bits per heavy atom. The van der Waals surface area contributed by atoms with Gasteiger partial charge < -0.3 is 13.8 Å². The molecule has 1 aliphatic rings. The van der Waals surface area contributed by atoms with Gasteiger partial charge in [-0.3, -0.25) is 4.57 Å². The maximum absolute atomic E-state index is 12.3. The molecule has 0 aromatic rings. The van der Waals surface area contributed by atoms with Crippen molar-refractivity contribution in [2.45, 2.75) is 32.4 Å². The van der Waals surface area contributed by atoms with Crippen molar-refractivity contribution in [1.82, 2.24) is 0 Å². The Morgan fingerprint density at radius 1 is 1.59 bits per heavy atom. The molecular formula is C9H18N3O4P. The van der Waals surface area contributed by atoms with Crippen LogP contribution in [0.3, 0.4) is 0 Å². The van der Waals surface area contributed by atoms with Crippen LogP contribution in [0.15, 0.2) is 5.11 Å². The molecule has 0 unspecified atom stereocenters. The minimum Gasteiger partial charge on any atom is -0.377 e. The Morgan fingerprint density at radius 3 is 2.76 bits per heavy atom. The van der Waals surface area contributed by atoms with Crippen LogP contribution >= 0.6 is 7.60 Å². The summed E-state index contributed by atoms with van der Waals surface area (Å²) < 4.78 is 35.4. The number of ether oxygens (including phenoxy) is 1. The average Bonchev–Trinajstić information content (AvgIpc) is 2.59. The lowest BCUT2D eigenvalue weighted by atomic mass is 10.2. The standard InChI is InChI=1S/C9H18N3O4P/c1-3-15-17(13,16-4-2)7-9-8(11-12-10)5-6-14-9/h8-9H,3-7H2,1-2H3/t8-,9-/m1/s1/i6T/t6-,8+,9+/m0. The van der Waals surface area contributed by atoms with Crippen molar-refractivity contribution in [3.63, 3.8) is 0 Å². The first-order chi connectivity index (χ1) is 8.54. The van der Waals surface area contributed by atoms with E-state index in [1.54, 1.807) is 13.8 Å². The third-order valence-electron chi connectivity index (χ3n) is 2.29. The van der Waals surface area contributed by atoms with E-state index in [4.69, 9.17) is 20.7 Å². The van der Waals surface area contributed by atoms with Crippen molar-refractivity contribution < 1.29 is 19.7 Å². The highest BCUT2D eigenvalue weighted by atomic mass is 31.2. The molecule has 1 fully saturated rings. The highest BCUT2D eigenvalue weighted by Gasteiger charge is 2.36. The molecule has 0 spiro atoms. The molecule has 17 heavy (non-hydrogen) atoms. The predicted octanol–water partition coefficient (Wildman–Crippen LogP) is 2.72. The summed E-state index contributed by atoms with van der Waals surface area (Å²) in [5.41, 5.74) is 8.45. The molecule has 1 rings (SSSR count). The lowest BCUT2D eigenvalue weighted by molar-refractivity contribution is 0.111. The molecule has 0 aromatic heterocycles. The molecule has 0 radical (unpaired) electrons. The van der Waals surface area contributed by atoms with Gasteiger partial charge in [0.15, 0.2) is 0 Å². The van der Waals surface area contributed by atoms with E-state index in [-0.39, 0.29) is 19.4 Å². The second-order valence-corrected chi connectivity index (χ2v) is 5.58. The van der Waals surface area contributed by atoms with Crippen molar-refractivity contribution >= 4 is 7.60 Å². The van der Waals surface area contributed by atoms with Crippen LogP contribution in [0.4, 0.5) is 0 Å². The Labute approximate surface area is 102 Å². The molecule has 0 aromatic carbocycles. The highest BCUT2D eigenvalue weighted by molar-refractivity contribution is 7.53. The van der Waals surface area contributed by atoms with Gasteiger partial charge in [0.05, 0.1) is 32.9 Å². The summed E-state index contributed by atoms with van der Waals surface area (Å²) in [5, 5.41) is 3.56. The molecular weight excluding hydrogens is 245 g/mol. The van der Waals surface area contributed by atoms with Gasteiger partial charge in [-0.15, -0.1) is 0 Å². The SMILES string of the molecule is [3H][C@H]1C[C@@H](N=[N+]=[N-])[C@@H](CP(=O)(OCC)OCC)O1. The van der Waals surface area contributed by atoms with E-state index in [1.165, 1.54) is 0 Å². The van der Waals surface area contributed by atoms with Gasteiger partial charge in [-0.05, 0) is 25.8 Å². The van der Waals surface area contributed by atoms with Crippen LogP contribution in [-0.2, 0) is 18.3 Å². The molecule has 7 nitrogen and oxygen atoms in total. The molecule has 0 aliphatic carbocycles. The maximum Gasteiger partial charge on any atom is 0.333 e. The van der Waals surface area contributed by atoms with Crippen molar-refractivity contribution in [2.24, 2.45) is 5.11 Å². The predicted molar refractivity (Wildman–Crippen MR) is 63.0 cm³/mol. The van der Waals surface area contributed by atoms with Crippen LogP contribution in [0.1, 0.15) is 21.6 Å². The van der Waals surface area contributed by atoms with Crippen LogP contribution in [0, 0.1) is 0 Å². The first-order valence-corrected chi connectivity index (χ1v) is 7.27. The van der Waals surface area contributed by atoms with E-state index in [9.17, 15) is 4.57 Å². The summed E-state index contributed by atoms with van der Waals surface area (Å²) in [7, 11) is -3.25. The Bertz CT molecular complexity index is 354. The van der Waals surface area contributed by atoms with Gasteiger partial charge >= 0.3 is 7.60 Å². The summed E-state index contributed by atoms with van der Waals surface area (Å²) >= 11 is 0. The summed E-state index contributed by atoms with van der Waals surface area (Å²) in [4.78, 5) is 2.71. The normalized spacial score (nSPS) is 29.8. The monoisotopic (exact) mass is 265 g/mol. The molecule has 0 N–H and O–H groups in total. The van der Waals surface area contributed by atoms with Crippen molar-refractivity contribution in [1.29, 1.82) is 0 Å². The van der Waals surface area contributed by atoms with Crippen LogP contribution in [-0.4, -0.2) is 38.1 Å². The molecule has 3 atom stereocenters. The first-order valence-electron chi connectivity index (χ1n) is 6.12.